The van der Waals surface area contributed by atoms with Crippen molar-refractivity contribution in [2.45, 2.75) is 6.54 Å². The first-order chi connectivity index (χ1) is 5.74. The van der Waals surface area contributed by atoms with Crippen LogP contribution in [0.2, 0.25) is 0 Å². The van der Waals surface area contributed by atoms with Crippen LogP contribution in [-0.2, 0) is 11.3 Å². The van der Waals surface area contributed by atoms with Crippen molar-refractivity contribution < 1.29 is 9.90 Å². The molecule has 0 unspecified atom stereocenters. The maximum Gasteiger partial charge on any atom is 0.248 e. The molecule has 0 aliphatic heterocycles. The van der Waals surface area contributed by atoms with E-state index in [1.165, 1.54) is 4.90 Å². The number of rotatable bonds is 3. The minimum Gasteiger partial charge on any atom is -0.387 e. The van der Waals surface area contributed by atoms with Gasteiger partial charge >= 0.3 is 0 Å². The lowest BCUT2D eigenvalue weighted by atomic mass is 10.4. The second-order valence-electron chi connectivity index (χ2n) is 2.60. The summed E-state index contributed by atoms with van der Waals surface area (Å²) in [6.45, 7) is 0.0730. The highest BCUT2D eigenvalue weighted by atomic mass is 16.3. The number of hydrogen-bond donors (Lipinski definition) is 2. The zero-order valence-electron chi connectivity index (χ0n) is 6.95. The lowest BCUT2D eigenvalue weighted by molar-refractivity contribution is -0.133. The van der Waals surface area contributed by atoms with Crippen molar-refractivity contribution in [2.75, 3.05) is 13.7 Å². The monoisotopic (exact) mass is 168 g/mol. The maximum absolute atomic E-state index is 10.9. The molecule has 4 nitrogen and oxygen atoms in total. The fourth-order valence-corrected chi connectivity index (χ4v) is 0.930. The van der Waals surface area contributed by atoms with Crippen molar-refractivity contribution in [3.63, 3.8) is 0 Å². The molecular weight excluding hydrogens is 156 g/mol. The van der Waals surface area contributed by atoms with E-state index >= 15 is 0 Å². The highest BCUT2D eigenvalue weighted by molar-refractivity contribution is 5.76. The van der Waals surface area contributed by atoms with Crippen LogP contribution in [0.3, 0.4) is 0 Å². The molecule has 1 amide bonds. The molecule has 0 spiro atoms. The highest BCUT2D eigenvalue weighted by Gasteiger charge is 2.06. The molecule has 0 radical (unpaired) electrons. The Labute approximate surface area is 70.8 Å². The number of amides is 1. The third-order valence-electron chi connectivity index (χ3n) is 1.63. The van der Waals surface area contributed by atoms with Gasteiger partial charge in [-0.15, -0.1) is 0 Å². The zero-order valence-corrected chi connectivity index (χ0v) is 6.95. The molecule has 1 aromatic rings. The Morgan fingerprint density at radius 1 is 1.75 bits per heavy atom. The van der Waals surface area contributed by atoms with Crippen molar-refractivity contribution >= 4 is 5.91 Å². The molecule has 1 heterocycles. The molecule has 0 saturated carbocycles. The van der Waals surface area contributed by atoms with Crippen LogP contribution in [0, 0.1) is 0 Å². The Kier molecular flexibility index (Phi) is 2.88. The number of aliphatic hydroxyl groups excluding tert-OH is 1. The van der Waals surface area contributed by atoms with Gasteiger partial charge in [0.15, 0.2) is 0 Å². The highest BCUT2D eigenvalue weighted by Crippen LogP contribution is 1.98. The second kappa shape index (κ2) is 3.92. The van der Waals surface area contributed by atoms with Gasteiger partial charge in [-0.05, 0) is 12.1 Å². The van der Waals surface area contributed by atoms with Gasteiger partial charge in [-0.1, -0.05) is 0 Å². The molecule has 66 valence electrons. The number of nitrogens with zero attached hydrogens (tertiary/aromatic N) is 1. The van der Waals surface area contributed by atoms with E-state index in [9.17, 15) is 4.79 Å². The van der Waals surface area contributed by atoms with Crippen molar-refractivity contribution in [2.24, 2.45) is 0 Å². The van der Waals surface area contributed by atoms with E-state index in [0.29, 0.717) is 6.54 Å². The van der Waals surface area contributed by atoms with Gasteiger partial charge in [0.05, 0.1) is 6.54 Å². The Hall–Kier alpha value is -1.29. The molecule has 0 saturated heterocycles. The molecule has 2 N–H and O–H groups in total. The van der Waals surface area contributed by atoms with Crippen molar-refractivity contribution in [3.05, 3.63) is 24.0 Å². The van der Waals surface area contributed by atoms with Gasteiger partial charge in [-0.2, -0.15) is 0 Å². The summed E-state index contributed by atoms with van der Waals surface area (Å²) in [4.78, 5) is 15.3. The van der Waals surface area contributed by atoms with E-state index in [-0.39, 0.29) is 5.91 Å². The Bertz CT molecular complexity index is 244. The number of aromatic nitrogens is 1. The molecule has 12 heavy (non-hydrogen) atoms. The molecule has 0 aromatic carbocycles. The summed E-state index contributed by atoms with van der Waals surface area (Å²) in [5.41, 5.74) is 0.958. The van der Waals surface area contributed by atoms with Gasteiger partial charge in [0, 0.05) is 18.9 Å². The Morgan fingerprint density at radius 3 is 3.00 bits per heavy atom. The summed E-state index contributed by atoms with van der Waals surface area (Å²) >= 11 is 0. The number of hydrogen-bond acceptors (Lipinski definition) is 2. The number of aromatic amines is 1. The summed E-state index contributed by atoms with van der Waals surface area (Å²) in [6, 6.07) is 3.76. The lowest BCUT2D eigenvalue weighted by Crippen LogP contribution is -2.28. The van der Waals surface area contributed by atoms with Crippen LogP contribution < -0.4 is 0 Å². The van der Waals surface area contributed by atoms with Crippen LogP contribution >= 0.6 is 0 Å². The topological polar surface area (TPSA) is 56.3 Å². The van der Waals surface area contributed by atoms with Crippen LogP contribution in [0.25, 0.3) is 0 Å². The van der Waals surface area contributed by atoms with Crippen molar-refractivity contribution in [3.8, 4) is 0 Å². The summed E-state index contributed by atoms with van der Waals surface area (Å²) in [5, 5.41) is 8.53. The molecule has 0 bridgehead atoms. The minimum absolute atomic E-state index is 0.274. The smallest absolute Gasteiger partial charge is 0.248 e. The van der Waals surface area contributed by atoms with Crippen LogP contribution in [0.15, 0.2) is 18.3 Å². The van der Waals surface area contributed by atoms with Crippen molar-refractivity contribution in [1.29, 1.82) is 0 Å². The van der Waals surface area contributed by atoms with Crippen LogP contribution in [0.4, 0.5) is 0 Å². The van der Waals surface area contributed by atoms with Crippen LogP contribution in [-0.4, -0.2) is 34.6 Å². The number of carbonyl (C=O) groups is 1. The average molecular weight is 168 g/mol. The predicted molar refractivity (Wildman–Crippen MR) is 44.4 cm³/mol. The molecule has 4 heteroatoms. The summed E-state index contributed by atoms with van der Waals surface area (Å²) in [6.07, 6.45) is 1.80. The standard InChI is InChI=1S/C8H12N2O2/c1-10(8(12)6-11)5-7-3-2-4-9-7/h2-4,9,11H,5-6H2,1H3. The number of nitrogens with one attached hydrogen (secondary N) is 1. The SMILES string of the molecule is CN(Cc1ccc[nH]1)C(=O)CO. The quantitative estimate of drug-likeness (QED) is 0.665. The van der Waals surface area contributed by atoms with E-state index in [2.05, 4.69) is 4.98 Å². The molecule has 0 aliphatic carbocycles. The fraction of sp³-hybridized carbons (Fsp3) is 0.375. The fourth-order valence-electron chi connectivity index (χ4n) is 0.930. The van der Waals surface area contributed by atoms with Gasteiger partial charge in [-0.25, -0.2) is 0 Å². The van der Waals surface area contributed by atoms with Crippen molar-refractivity contribution in [1.82, 2.24) is 9.88 Å². The Balaban J connectivity index is 2.47. The largest absolute Gasteiger partial charge is 0.387 e. The number of likely N-dealkylation sites (N-methyl/N-ethyl adjacent to an activating group) is 1. The first-order valence-corrected chi connectivity index (χ1v) is 3.71. The average Bonchev–Trinajstić information content (AvgIpc) is 2.55. The normalized spacial score (nSPS) is 9.83. The predicted octanol–water partition coefficient (Wildman–Crippen LogP) is -0.0346. The molecule has 1 aromatic heterocycles. The third kappa shape index (κ3) is 2.10. The van der Waals surface area contributed by atoms with Crippen LogP contribution in [0.5, 0.6) is 0 Å². The molecule has 0 fully saturated rings. The van der Waals surface area contributed by atoms with E-state index in [1.807, 2.05) is 12.1 Å². The van der Waals surface area contributed by atoms with Gasteiger partial charge in [0.1, 0.15) is 6.61 Å². The van der Waals surface area contributed by atoms with Gasteiger partial charge < -0.3 is 15.0 Å². The molecule has 0 atom stereocenters. The number of aliphatic hydroxyl groups is 1. The van der Waals surface area contributed by atoms with E-state index in [1.54, 1.807) is 13.2 Å². The summed E-state index contributed by atoms with van der Waals surface area (Å²) < 4.78 is 0. The molecular formula is C8H12N2O2. The summed E-state index contributed by atoms with van der Waals surface area (Å²) in [7, 11) is 1.65. The van der Waals surface area contributed by atoms with Gasteiger partial charge in [0.2, 0.25) is 5.91 Å². The molecule has 1 rings (SSSR count). The second-order valence-corrected chi connectivity index (χ2v) is 2.60. The van der Waals surface area contributed by atoms with E-state index in [4.69, 9.17) is 5.11 Å². The number of H-pyrrole nitrogens is 1. The maximum atomic E-state index is 10.9. The third-order valence-corrected chi connectivity index (χ3v) is 1.63. The lowest BCUT2D eigenvalue weighted by Gasteiger charge is -2.14. The van der Waals surface area contributed by atoms with Crippen LogP contribution in [0.1, 0.15) is 5.69 Å². The minimum atomic E-state index is -0.433. The molecule has 0 aliphatic rings. The first kappa shape index (κ1) is 8.80. The van der Waals surface area contributed by atoms with E-state index in [0.717, 1.165) is 5.69 Å². The first-order valence-electron chi connectivity index (χ1n) is 3.71. The Morgan fingerprint density at radius 2 is 2.50 bits per heavy atom. The number of carbonyl (C=O) groups excluding carboxylic acids is 1. The zero-order chi connectivity index (χ0) is 8.97. The van der Waals surface area contributed by atoms with Gasteiger partial charge in [-0.3, -0.25) is 4.79 Å². The summed E-state index contributed by atoms with van der Waals surface area (Å²) in [5.74, 6) is -0.274. The van der Waals surface area contributed by atoms with E-state index < -0.39 is 6.61 Å². The van der Waals surface area contributed by atoms with Gasteiger partial charge in [0.25, 0.3) is 0 Å².